The van der Waals surface area contributed by atoms with Crippen molar-refractivity contribution in [2.45, 2.75) is 39.2 Å². The summed E-state index contributed by atoms with van der Waals surface area (Å²) < 4.78 is 0. The van der Waals surface area contributed by atoms with Gasteiger partial charge >= 0.3 is 0 Å². The molecule has 3 nitrogen and oxygen atoms in total. The van der Waals surface area contributed by atoms with E-state index in [9.17, 15) is 4.79 Å². The van der Waals surface area contributed by atoms with Crippen molar-refractivity contribution in [1.82, 2.24) is 10.2 Å². The van der Waals surface area contributed by atoms with E-state index in [1.54, 1.807) is 0 Å². The van der Waals surface area contributed by atoms with Crippen LogP contribution in [0, 0.1) is 5.92 Å². The maximum absolute atomic E-state index is 12.2. The molecular formula is C17H24Cl2N2O. The molecule has 1 fully saturated rings. The smallest absolute Gasteiger partial charge is 0.224 e. The van der Waals surface area contributed by atoms with Gasteiger partial charge in [-0.05, 0) is 43.5 Å². The lowest BCUT2D eigenvalue weighted by Gasteiger charge is -2.32. The van der Waals surface area contributed by atoms with Crippen LogP contribution in [0.5, 0.6) is 0 Å². The van der Waals surface area contributed by atoms with Gasteiger partial charge in [0.1, 0.15) is 0 Å². The molecule has 1 N–H and O–H groups in total. The summed E-state index contributed by atoms with van der Waals surface area (Å²) in [5.74, 6) is 0.306. The average molecular weight is 343 g/mol. The van der Waals surface area contributed by atoms with E-state index >= 15 is 0 Å². The molecule has 5 heteroatoms. The van der Waals surface area contributed by atoms with Crippen LogP contribution in [-0.4, -0.2) is 30.4 Å². The van der Waals surface area contributed by atoms with E-state index in [2.05, 4.69) is 17.1 Å². The highest BCUT2D eigenvalue weighted by Gasteiger charge is 2.25. The van der Waals surface area contributed by atoms with Gasteiger partial charge in [-0.15, -0.1) is 0 Å². The predicted octanol–water partition coefficient (Wildman–Crippen LogP) is 4.12. The summed E-state index contributed by atoms with van der Waals surface area (Å²) in [6.07, 6.45) is 4.20. The number of carbonyl (C=O) groups excluding carboxylic acids is 1. The first kappa shape index (κ1) is 17.6. The lowest BCUT2D eigenvalue weighted by molar-refractivity contribution is -0.126. The van der Waals surface area contributed by atoms with Gasteiger partial charge in [-0.3, -0.25) is 9.69 Å². The van der Waals surface area contributed by atoms with Crippen LogP contribution in [0.25, 0.3) is 0 Å². The van der Waals surface area contributed by atoms with E-state index in [1.165, 1.54) is 0 Å². The number of nitrogens with one attached hydrogen (secondary N) is 1. The van der Waals surface area contributed by atoms with Gasteiger partial charge < -0.3 is 5.32 Å². The first-order chi connectivity index (χ1) is 10.6. The van der Waals surface area contributed by atoms with E-state index in [4.69, 9.17) is 23.2 Å². The Kier molecular flexibility index (Phi) is 7.00. The molecule has 1 unspecified atom stereocenters. The number of likely N-dealkylation sites (tertiary alicyclic amines) is 1. The normalized spacial score (nSPS) is 19.1. The molecule has 1 saturated heterocycles. The van der Waals surface area contributed by atoms with Crippen molar-refractivity contribution in [2.75, 3.05) is 19.6 Å². The maximum Gasteiger partial charge on any atom is 0.224 e. The van der Waals surface area contributed by atoms with Gasteiger partial charge in [-0.1, -0.05) is 42.6 Å². The van der Waals surface area contributed by atoms with E-state index in [1.807, 2.05) is 18.2 Å². The minimum absolute atomic E-state index is 0.105. The molecule has 0 aromatic heterocycles. The molecule has 1 heterocycles. The van der Waals surface area contributed by atoms with Crippen LogP contribution < -0.4 is 5.32 Å². The third-order valence-corrected chi connectivity index (χ3v) is 4.84. The second-order valence-electron chi connectivity index (χ2n) is 5.97. The zero-order chi connectivity index (χ0) is 15.9. The van der Waals surface area contributed by atoms with Crippen molar-refractivity contribution in [2.24, 2.45) is 5.92 Å². The van der Waals surface area contributed by atoms with Crippen LogP contribution >= 0.6 is 23.2 Å². The van der Waals surface area contributed by atoms with E-state index in [0.29, 0.717) is 10.0 Å². The van der Waals surface area contributed by atoms with Crippen molar-refractivity contribution in [3.05, 3.63) is 33.8 Å². The number of rotatable bonds is 6. The molecule has 1 amide bonds. The number of hydrogen-bond donors (Lipinski definition) is 1. The number of piperidine rings is 1. The molecule has 0 aliphatic carbocycles. The Morgan fingerprint density at radius 1 is 1.36 bits per heavy atom. The average Bonchev–Trinajstić information content (AvgIpc) is 2.51. The fraction of sp³-hybridized carbons (Fsp3) is 0.588. The highest BCUT2D eigenvalue weighted by molar-refractivity contribution is 6.42. The van der Waals surface area contributed by atoms with Crippen LogP contribution in [0.2, 0.25) is 10.0 Å². The second kappa shape index (κ2) is 8.76. The molecular weight excluding hydrogens is 319 g/mol. The number of carbonyl (C=O) groups is 1. The van der Waals surface area contributed by atoms with Gasteiger partial charge in [-0.25, -0.2) is 0 Å². The van der Waals surface area contributed by atoms with Gasteiger partial charge in [-0.2, -0.15) is 0 Å². The fourth-order valence-electron chi connectivity index (χ4n) is 2.84. The van der Waals surface area contributed by atoms with Crippen molar-refractivity contribution in [3.8, 4) is 0 Å². The SMILES string of the molecule is CCCCNC(=O)C1CCCN(Cc2ccc(Cl)c(Cl)c2)C1. The molecule has 122 valence electrons. The zero-order valence-corrected chi connectivity index (χ0v) is 14.6. The zero-order valence-electron chi connectivity index (χ0n) is 13.1. The summed E-state index contributed by atoms with van der Waals surface area (Å²) in [7, 11) is 0. The second-order valence-corrected chi connectivity index (χ2v) is 6.78. The Balaban J connectivity index is 1.87. The summed E-state index contributed by atoms with van der Waals surface area (Å²) in [5, 5.41) is 4.22. The molecule has 0 spiro atoms. The van der Waals surface area contributed by atoms with Gasteiger partial charge in [0.2, 0.25) is 5.91 Å². The Morgan fingerprint density at radius 3 is 2.91 bits per heavy atom. The van der Waals surface area contributed by atoms with E-state index < -0.39 is 0 Å². The Morgan fingerprint density at radius 2 is 2.18 bits per heavy atom. The summed E-state index contributed by atoms with van der Waals surface area (Å²) in [6, 6.07) is 5.74. The first-order valence-electron chi connectivity index (χ1n) is 8.04. The largest absolute Gasteiger partial charge is 0.356 e. The lowest BCUT2D eigenvalue weighted by atomic mass is 9.96. The molecule has 1 aliphatic rings. The van der Waals surface area contributed by atoms with Gasteiger partial charge in [0, 0.05) is 19.6 Å². The van der Waals surface area contributed by atoms with Crippen LogP contribution in [0.4, 0.5) is 0 Å². The highest BCUT2D eigenvalue weighted by Crippen LogP contribution is 2.24. The Hall–Kier alpha value is -0.770. The van der Waals surface area contributed by atoms with Crippen LogP contribution in [0.3, 0.4) is 0 Å². The molecule has 0 saturated carbocycles. The number of amides is 1. The van der Waals surface area contributed by atoms with E-state index in [0.717, 1.165) is 57.4 Å². The van der Waals surface area contributed by atoms with E-state index in [-0.39, 0.29) is 11.8 Å². The monoisotopic (exact) mass is 342 g/mol. The molecule has 0 radical (unpaired) electrons. The topological polar surface area (TPSA) is 32.3 Å². The fourth-order valence-corrected chi connectivity index (χ4v) is 3.16. The molecule has 1 aromatic rings. The first-order valence-corrected chi connectivity index (χ1v) is 8.79. The quantitative estimate of drug-likeness (QED) is 0.788. The summed E-state index contributed by atoms with van der Waals surface area (Å²) in [6.45, 7) is 5.58. The van der Waals surface area contributed by atoms with Crippen LogP contribution in [0.15, 0.2) is 18.2 Å². The highest BCUT2D eigenvalue weighted by atomic mass is 35.5. The van der Waals surface area contributed by atoms with Crippen LogP contribution in [-0.2, 0) is 11.3 Å². The molecule has 0 bridgehead atoms. The molecule has 1 aliphatic heterocycles. The minimum Gasteiger partial charge on any atom is -0.356 e. The summed E-state index contributed by atoms with van der Waals surface area (Å²) in [4.78, 5) is 14.5. The molecule has 1 aromatic carbocycles. The summed E-state index contributed by atoms with van der Waals surface area (Å²) in [5.41, 5.74) is 1.14. The third kappa shape index (κ3) is 5.15. The number of nitrogens with zero attached hydrogens (tertiary/aromatic N) is 1. The van der Waals surface area contributed by atoms with Crippen molar-refractivity contribution in [1.29, 1.82) is 0 Å². The number of unbranched alkanes of at least 4 members (excludes halogenated alkanes) is 1. The Labute approximate surface area is 143 Å². The molecule has 22 heavy (non-hydrogen) atoms. The molecule has 1 atom stereocenters. The predicted molar refractivity (Wildman–Crippen MR) is 92.4 cm³/mol. The Bertz CT molecular complexity index is 507. The minimum atomic E-state index is 0.105. The van der Waals surface area contributed by atoms with Gasteiger partial charge in [0.25, 0.3) is 0 Å². The molecule has 2 rings (SSSR count). The maximum atomic E-state index is 12.2. The van der Waals surface area contributed by atoms with Crippen molar-refractivity contribution < 1.29 is 4.79 Å². The van der Waals surface area contributed by atoms with Gasteiger partial charge in [0.05, 0.1) is 16.0 Å². The van der Waals surface area contributed by atoms with Crippen LogP contribution in [0.1, 0.15) is 38.2 Å². The number of hydrogen-bond acceptors (Lipinski definition) is 2. The van der Waals surface area contributed by atoms with Gasteiger partial charge in [0.15, 0.2) is 0 Å². The number of halogens is 2. The number of benzene rings is 1. The third-order valence-electron chi connectivity index (χ3n) is 4.10. The lowest BCUT2D eigenvalue weighted by Crippen LogP contribution is -2.42. The van der Waals surface area contributed by atoms with Crippen molar-refractivity contribution >= 4 is 29.1 Å². The summed E-state index contributed by atoms with van der Waals surface area (Å²) >= 11 is 12.0. The van der Waals surface area contributed by atoms with Crippen molar-refractivity contribution in [3.63, 3.8) is 0 Å². The standard InChI is InChI=1S/C17H24Cl2N2O/c1-2-3-8-20-17(22)14-5-4-9-21(12-14)11-13-6-7-15(18)16(19)10-13/h6-7,10,14H,2-5,8-9,11-12H2,1H3,(H,20,22).